The Morgan fingerprint density at radius 2 is 1.69 bits per heavy atom. The highest BCUT2D eigenvalue weighted by Crippen LogP contribution is 2.29. The van der Waals surface area contributed by atoms with Crippen LogP contribution in [0.1, 0.15) is 56.7 Å². The first-order valence-electron chi connectivity index (χ1n) is 9.74. The molecule has 4 amide bonds. The Bertz CT molecular complexity index is 1150. The summed E-state index contributed by atoms with van der Waals surface area (Å²) in [5.41, 5.74) is 0.814. The van der Waals surface area contributed by atoms with Crippen LogP contribution in [-0.4, -0.2) is 48.2 Å². The molecule has 2 aromatic rings. The second-order valence-electron chi connectivity index (χ2n) is 8.38. The zero-order valence-corrected chi connectivity index (χ0v) is 19.1. The first kappa shape index (κ1) is 23.1. The highest BCUT2D eigenvalue weighted by molar-refractivity contribution is 7.18. The van der Waals surface area contributed by atoms with Crippen molar-refractivity contribution in [3.63, 3.8) is 0 Å². The summed E-state index contributed by atoms with van der Waals surface area (Å²) in [6.45, 7) is 6.51. The lowest BCUT2D eigenvalue weighted by Crippen LogP contribution is -2.27. The zero-order valence-electron chi connectivity index (χ0n) is 18.3. The lowest BCUT2D eigenvalue weighted by atomic mass is 9.96. The molecule has 1 aliphatic heterocycles. The van der Waals surface area contributed by atoms with E-state index in [1.54, 1.807) is 33.8 Å². The van der Waals surface area contributed by atoms with Crippen LogP contribution < -0.4 is 10.6 Å². The number of fused-ring (bicyclic) bond motifs is 1. The van der Waals surface area contributed by atoms with E-state index in [4.69, 9.17) is 4.74 Å². The number of benzene rings is 1. The van der Waals surface area contributed by atoms with Gasteiger partial charge in [-0.2, -0.15) is 0 Å². The minimum Gasteiger partial charge on any atom is -0.451 e. The number of ether oxygens (including phenoxy) is 1. The number of imide groups is 1. The molecule has 1 aromatic carbocycles. The molecule has 2 heterocycles. The van der Waals surface area contributed by atoms with Crippen molar-refractivity contribution in [3.8, 4) is 0 Å². The fourth-order valence-corrected chi connectivity index (χ4v) is 3.84. The van der Waals surface area contributed by atoms with Crippen LogP contribution in [0.2, 0.25) is 0 Å². The van der Waals surface area contributed by atoms with E-state index in [9.17, 15) is 24.0 Å². The number of aryl methyl sites for hydroxylation is 1. The van der Waals surface area contributed by atoms with Gasteiger partial charge in [0.15, 0.2) is 6.61 Å². The summed E-state index contributed by atoms with van der Waals surface area (Å²) >= 11 is 1.07. The Morgan fingerprint density at radius 1 is 1.03 bits per heavy atom. The number of carbonyl (C=O) groups is 5. The summed E-state index contributed by atoms with van der Waals surface area (Å²) in [6, 6.07) is 6.04. The van der Waals surface area contributed by atoms with Crippen LogP contribution in [-0.2, 0) is 14.3 Å². The third-order valence-electron chi connectivity index (χ3n) is 4.73. The smallest absolute Gasteiger partial charge is 0.349 e. The third kappa shape index (κ3) is 4.70. The molecule has 32 heavy (non-hydrogen) atoms. The predicted octanol–water partition coefficient (Wildman–Crippen LogP) is 3.06. The van der Waals surface area contributed by atoms with Crippen LogP contribution in [0.25, 0.3) is 0 Å². The van der Waals surface area contributed by atoms with Gasteiger partial charge in [0.1, 0.15) is 4.88 Å². The number of nitrogens with one attached hydrogen (secondary N) is 2. The fourth-order valence-electron chi connectivity index (χ4n) is 2.88. The molecule has 0 bridgehead atoms. The number of nitrogens with zero attached hydrogens (tertiary/aromatic N) is 1. The molecular formula is C22H23N3O6S. The molecule has 168 valence electrons. The van der Waals surface area contributed by atoms with E-state index in [1.165, 1.54) is 25.2 Å². The van der Waals surface area contributed by atoms with Crippen molar-refractivity contribution in [1.29, 1.82) is 0 Å². The number of thiophene rings is 1. The van der Waals surface area contributed by atoms with Gasteiger partial charge in [0.2, 0.25) is 5.91 Å². The maximum Gasteiger partial charge on any atom is 0.349 e. The molecule has 3 rings (SSSR count). The molecular weight excluding hydrogens is 434 g/mol. The first-order valence-corrected chi connectivity index (χ1v) is 10.6. The topological polar surface area (TPSA) is 122 Å². The number of hydrogen-bond donors (Lipinski definition) is 2. The van der Waals surface area contributed by atoms with E-state index in [0.717, 1.165) is 16.2 Å². The Hall–Kier alpha value is -3.53. The van der Waals surface area contributed by atoms with E-state index >= 15 is 0 Å². The van der Waals surface area contributed by atoms with Gasteiger partial charge in [0.05, 0.1) is 16.1 Å². The van der Waals surface area contributed by atoms with Gasteiger partial charge in [-0.1, -0.05) is 20.8 Å². The lowest BCUT2D eigenvalue weighted by Gasteiger charge is -2.16. The summed E-state index contributed by atoms with van der Waals surface area (Å²) in [7, 11) is 1.38. The number of carbonyl (C=O) groups excluding carboxylic acids is 5. The summed E-state index contributed by atoms with van der Waals surface area (Å²) in [5.74, 6) is -2.32. The number of hydrogen-bond acceptors (Lipinski definition) is 7. The van der Waals surface area contributed by atoms with Crippen LogP contribution >= 0.6 is 11.3 Å². The van der Waals surface area contributed by atoms with E-state index < -0.39 is 35.7 Å². The van der Waals surface area contributed by atoms with Gasteiger partial charge in [-0.3, -0.25) is 24.1 Å². The minimum absolute atomic E-state index is 0.182. The van der Waals surface area contributed by atoms with E-state index in [-0.39, 0.29) is 21.9 Å². The zero-order chi connectivity index (χ0) is 23.8. The van der Waals surface area contributed by atoms with Gasteiger partial charge in [-0.15, -0.1) is 11.3 Å². The summed E-state index contributed by atoms with van der Waals surface area (Å²) in [6.07, 6.45) is 0. The van der Waals surface area contributed by atoms with Crippen molar-refractivity contribution in [2.75, 3.05) is 24.3 Å². The minimum atomic E-state index is -0.685. The normalized spacial score (nSPS) is 13.1. The maximum absolute atomic E-state index is 12.4. The van der Waals surface area contributed by atoms with Crippen molar-refractivity contribution in [1.82, 2.24) is 4.90 Å². The van der Waals surface area contributed by atoms with Crippen LogP contribution in [0.5, 0.6) is 0 Å². The largest absolute Gasteiger partial charge is 0.451 e. The van der Waals surface area contributed by atoms with Crippen molar-refractivity contribution in [2.45, 2.75) is 27.7 Å². The molecule has 0 radical (unpaired) electrons. The molecule has 1 aromatic heterocycles. The summed E-state index contributed by atoms with van der Waals surface area (Å²) < 4.78 is 5.09. The molecule has 0 unspecified atom stereocenters. The number of esters is 1. The molecule has 0 spiro atoms. The fraction of sp³-hybridized carbons (Fsp3) is 0.318. The highest BCUT2D eigenvalue weighted by Gasteiger charge is 2.32. The van der Waals surface area contributed by atoms with Gasteiger partial charge in [0.25, 0.3) is 17.7 Å². The molecule has 0 atom stereocenters. The molecule has 0 fully saturated rings. The van der Waals surface area contributed by atoms with Gasteiger partial charge in [-0.05, 0) is 36.8 Å². The third-order valence-corrected chi connectivity index (χ3v) is 5.86. The van der Waals surface area contributed by atoms with Crippen LogP contribution in [0, 0.1) is 12.3 Å². The average molecular weight is 458 g/mol. The van der Waals surface area contributed by atoms with E-state index in [1.807, 2.05) is 0 Å². The molecule has 1 aliphatic rings. The predicted molar refractivity (Wildman–Crippen MR) is 119 cm³/mol. The van der Waals surface area contributed by atoms with Crippen LogP contribution in [0.3, 0.4) is 0 Å². The molecule has 10 heteroatoms. The second kappa shape index (κ2) is 8.54. The number of rotatable bonds is 5. The van der Waals surface area contributed by atoms with Crippen LogP contribution in [0.15, 0.2) is 24.3 Å². The van der Waals surface area contributed by atoms with Gasteiger partial charge >= 0.3 is 5.97 Å². The van der Waals surface area contributed by atoms with Gasteiger partial charge in [-0.25, -0.2) is 4.79 Å². The Balaban J connectivity index is 1.59. The Kier molecular flexibility index (Phi) is 6.18. The average Bonchev–Trinajstić information content (AvgIpc) is 3.18. The molecule has 0 saturated carbocycles. The Morgan fingerprint density at radius 3 is 2.34 bits per heavy atom. The quantitative estimate of drug-likeness (QED) is 0.526. The highest BCUT2D eigenvalue weighted by atomic mass is 32.1. The lowest BCUT2D eigenvalue weighted by molar-refractivity contribution is -0.123. The number of amides is 4. The summed E-state index contributed by atoms with van der Waals surface area (Å²) in [5, 5.41) is 5.82. The second-order valence-corrected chi connectivity index (χ2v) is 9.43. The maximum atomic E-state index is 12.4. The monoisotopic (exact) mass is 457 g/mol. The van der Waals surface area contributed by atoms with E-state index in [2.05, 4.69) is 10.6 Å². The van der Waals surface area contributed by atoms with Gasteiger partial charge in [0, 0.05) is 18.2 Å². The SMILES string of the molecule is Cc1cc(NC(=O)C(C)(C)C)sc1C(=O)OCC(=O)Nc1ccc2c(c1)C(=O)N(C)C2=O. The van der Waals surface area contributed by atoms with Crippen LogP contribution in [0.4, 0.5) is 10.7 Å². The summed E-state index contributed by atoms with van der Waals surface area (Å²) in [4.78, 5) is 62.0. The first-order chi connectivity index (χ1) is 14.9. The molecule has 0 saturated heterocycles. The standard InChI is InChI=1S/C22H23N3O6S/c1-11-8-16(24-21(30)22(2,3)4)32-17(11)20(29)31-10-15(26)23-12-6-7-13-14(9-12)19(28)25(5)18(13)27/h6-9H,10H2,1-5H3,(H,23,26)(H,24,30). The van der Waals surface area contributed by atoms with Crippen molar-refractivity contribution in [3.05, 3.63) is 45.8 Å². The van der Waals surface area contributed by atoms with E-state index in [0.29, 0.717) is 16.3 Å². The van der Waals surface area contributed by atoms with Crippen molar-refractivity contribution >= 4 is 51.6 Å². The Labute approximate surface area is 188 Å². The van der Waals surface area contributed by atoms with Gasteiger partial charge < -0.3 is 15.4 Å². The molecule has 2 N–H and O–H groups in total. The molecule has 0 aliphatic carbocycles. The molecule has 9 nitrogen and oxygen atoms in total. The van der Waals surface area contributed by atoms with Crippen molar-refractivity contribution in [2.24, 2.45) is 5.41 Å². The van der Waals surface area contributed by atoms with Crippen molar-refractivity contribution < 1.29 is 28.7 Å². The number of anilines is 2.